The largest absolute Gasteiger partial charge is 0.456 e. The fraction of sp³-hybridized carbons (Fsp3) is 0.375. The van der Waals surface area contributed by atoms with Crippen LogP contribution in [0, 0.1) is 13.8 Å². The van der Waals surface area contributed by atoms with Gasteiger partial charge in [-0.1, -0.05) is 6.08 Å². The third kappa shape index (κ3) is 6.74. The maximum absolute atomic E-state index is 12.0. The van der Waals surface area contributed by atoms with Crippen LogP contribution in [0.25, 0.3) is 0 Å². The van der Waals surface area contributed by atoms with E-state index in [1.54, 1.807) is 6.07 Å². The van der Waals surface area contributed by atoms with Gasteiger partial charge in [0.1, 0.15) is 0 Å². The van der Waals surface area contributed by atoms with Crippen molar-refractivity contribution in [2.45, 2.75) is 26.7 Å². The molecule has 0 aliphatic carbocycles. The van der Waals surface area contributed by atoms with Crippen LogP contribution in [0.5, 0.6) is 0 Å². The number of thiophene rings is 1. The van der Waals surface area contributed by atoms with Crippen LogP contribution in [0.2, 0.25) is 0 Å². The molecule has 0 bridgehead atoms. The molecule has 24 heavy (non-hydrogen) atoms. The van der Waals surface area contributed by atoms with E-state index in [0.717, 1.165) is 9.75 Å². The van der Waals surface area contributed by atoms with Gasteiger partial charge in [0.15, 0.2) is 12.4 Å². The SMILES string of the molecule is C=CCNC(=O)NC(=O)COC(=O)CCC(=O)c1cc(C)sc1C. The lowest BCUT2D eigenvalue weighted by atomic mass is 10.1. The number of amides is 3. The number of imide groups is 1. The van der Waals surface area contributed by atoms with Crippen molar-refractivity contribution in [1.82, 2.24) is 10.6 Å². The Morgan fingerprint density at radius 2 is 1.96 bits per heavy atom. The number of ketones is 1. The Morgan fingerprint density at radius 3 is 2.54 bits per heavy atom. The summed E-state index contributed by atoms with van der Waals surface area (Å²) in [5.41, 5.74) is 0.613. The van der Waals surface area contributed by atoms with Crippen LogP contribution in [0.15, 0.2) is 18.7 Å². The topological polar surface area (TPSA) is 102 Å². The van der Waals surface area contributed by atoms with Crippen molar-refractivity contribution < 1.29 is 23.9 Å². The summed E-state index contributed by atoms with van der Waals surface area (Å²) in [6.07, 6.45) is 1.35. The molecule has 7 nitrogen and oxygen atoms in total. The van der Waals surface area contributed by atoms with Gasteiger partial charge >= 0.3 is 12.0 Å². The Kier molecular flexibility index (Phi) is 7.84. The first kappa shape index (κ1) is 19.6. The van der Waals surface area contributed by atoms with Crippen LogP contribution in [0.3, 0.4) is 0 Å². The molecule has 8 heteroatoms. The molecule has 0 spiro atoms. The first-order valence-corrected chi connectivity index (χ1v) is 8.09. The van der Waals surface area contributed by atoms with Crippen molar-refractivity contribution in [3.05, 3.63) is 34.0 Å². The highest BCUT2D eigenvalue weighted by Crippen LogP contribution is 2.22. The molecule has 3 amide bonds. The van der Waals surface area contributed by atoms with E-state index in [4.69, 9.17) is 4.74 Å². The number of rotatable bonds is 8. The molecule has 0 aliphatic heterocycles. The summed E-state index contributed by atoms with van der Waals surface area (Å²) < 4.78 is 4.73. The van der Waals surface area contributed by atoms with E-state index in [0.29, 0.717) is 5.56 Å². The van der Waals surface area contributed by atoms with Crippen molar-refractivity contribution in [3.63, 3.8) is 0 Å². The molecule has 0 fully saturated rings. The Balaban J connectivity index is 2.30. The molecule has 0 saturated carbocycles. The van der Waals surface area contributed by atoms with Crippen molar-refractivity contribution in [2.75, 3.05) is 13.2 Å². The zero-order valence-electron chi connectivity index (χ0n) is 13.6. The number of nitrogens with one attached hydrogen (secondary N) is 2. The second kappa shape index (κ2) is 9.61. The molecule has 0 radical (unpaired) electrons. The molecule has 0 aliphatic rings. The highest BCUT2D eigenvalue weighted by Gasteiger charge is 2.15. The van der Waals surface area contributed by atoms with Gasteiger partial charge in [-0.05, 0) is 19.9 Å². The third-order valence-electron chi connectivity index (χ3n) is 2.92. The third-order valence-corrected chi connectivity index (χ3v) is 3.89. The average Bonchev–Trinajstić information content (AvgIpc) is 2.87. The van der Waals surface area contributed by atoms with Crippen molar-refractivity contribution in [1.29, 1.82) is 0 Å². The number of esters is 1. The van der Waals surface area contributed by atoms with E-state index >= 15 is 0 Å². The summed E-state index contributed by atoms with van der Waals surface area (Å²) in [7, 11) is 0. The molecule has 1 aromatic rings. The van der Waals surface area contributed by atoms with Gasteiger partial charge in [-0.15, -0.1) is 17.9 Å². The Hall–Kier alpha value is -2.48. The van der Waals surface area contributed by atoms with Crippen molar-refractivity contribution in [2.24, 2.45) is 0 Å². The lowest BCUT2D eigenvalue weighted by Gasteiger charge is -2.06. The molecule has 2 N–H and O–H groups in total. The minimum absolute atomic E-state index is 0.0112. The number of hydrogen-bond donors (Lipinski definition) is 2. The van der Waals surface area contributed by atoms with Crippen LogP contribution in [-0.2, 0) is 14.3 Å². The molecule has 1 aromatic heterocycles. The molecule has 1 rings (SSSR count). The summed E-state index contributed by atoms with van der Waals surface area (Å²) in [5, 5.41) is 4.33. The van der Waals surface area contributed by atoms with E-state index < -0.39 is 24.5 Å². The highest BCUT2D eigenvalue weighted by atomic mass is 32.1. The van der Waals surface area contributed by atoms with E-state index in [1.165, 1.54) is 17.4 Å². The number of carbonyl (C=O) groups is 4. The van der Waals surface area contributed by atoms with Gasteiger partial charge in [-0.25, -0.2) is 4.79 Å². The predicted octanol–water partition coefficient (Wildman–Crippen LogP) is 1.88. The summed E-state index contributed by atoms with van der Waals surface area (Å²) in [6.45, 7) is 6.80. The monoisotopic (exact) mass is 352 g/mol. The minimum Gasteiger partial charge on any atom is -0.456 e. The Labute approximate surface area is 144 Å². The number of carbonyl (C=O) groups excluding carboxylic acids is 4. The number of hydrogen-bond acceptors (Lipinski definition) is 6. The number of ether oxygens (including phenoxy) is 1. The predicted molar refractivity (Wildman–Crippen MR) is 90.1 cm³/mol. The Morgan fingerprint density at radius 1 is 1.25 bits per heavy atom. The van der Waals surface area contributed by atoms with Gasteiger partial charge in [0, 0.05) is 28.3 Å². The first-order chi connectivity index (χ1) is 11.3. The summed E-state index contributed by atoms with van der Waals surface area (Å²) in [6, 6.07) is 1.10. The number of aryl methyl sites for hydroxylation is 2. The Bertz CT molecular complexity index is 651. The second-order valence-corrected chi connectivity index (χ2v) is 6.42. The van der Waals surface area contributed by atoms with E-state index in [1.807, 2.05) is 19.2 Å². The molecule has 0 saturated heterocycles. The van der Waals surface area contributed by atoms with Gasteiger partial charge < -0.3 is 10.1 Å². The van der Waals surface area contributed by atoms with Crippen LogP contribution in [0.1, 0.15) is 33.0 Å². The molecule has 1 heterocycles. The standard InChI is InChI=1S/C16H20N2O5S/c1-4-7-17-16(22)18-14(20)9-23-15(21)6-5-13(19)12-8-10(2)24-11(12)3/h4,8H,1,5-7,9H2,2-3H3,(H2,17,18,20,22). The van der Waals surface area contributed by atoms with Gasteiger partial charge in [0.05, 0.1) is 6.42 Å². The normalized spacial score (nSPS) is 9.92. The maximum Gasteiger partial charge on any atom is 0.321 e. The van der Waals surface area contributed by atoms with Gasteiger partial charge in [-0.2, -0.15) is 0 Å². The quantitative estimate of drug-likeness (QED) is 0.423. The number of urea groups is 1. The van der Waals surface area contributed by atoms with Crippen molar-refractivity contribution in [3.8, 4) is 0 Å². The fourth-order valence-electron chi connectivity index (χ4n) is 1.85. The van der Waals surface area contributed by atoms with E-state index in [9.17, 15) is 19.2 Å². The first-order valence-electron chi connectivity index (χ1n) is 7.28. The molecule has 130 valence electrons. The zero-order chi connectivity index (χ0) is 18.1. The fourth-order valence-corrected chi connectivity index (χ4v) is 2.79. The molecule has 0 atom stereocenters. The van der Waals surface area contributed by atoms with E-state index in [-0.39, 0.29) is 25.2 Å². The summed E-state index contributed by atoms with van der Waals surface area (Å²) in [4.78, 5) is 48.1. The second-order valence-electron chi connectivity index (χ2n) is 4.96. The minimum atomic E-state index is -0.749. The van der Waals surface area contributed by atoms with Crippen molar-refractivity contribution >= 4 is 35.0 Å². The lowest BCUT2D eigenvalue weighted by Crippen LogP contribution is -2.41. The van der Waals surface area contributed by atoms with Gasteiger partial charge in [-0.3, -0.25) is 19.7 Å². The molecule has 0 unspecified atom stereocenters. The molecular weight excluding hydrogens is 332 g/mol. The summed E-state index contributed by atoms with van der Waals surface area (Å²) >= 11 is 1.52. The van der Waals surface area contributed by atoms with E-state index in [2.05, 4.69) is 11.9 Å². The van der Waals surface area contributed by atoms with Gasteiger partial charge in [0.2, 0.25) is 0 Å². The van der Waals surface area contributed by atoms with Crippen LogP contribution >= 0.6 is 11.3 Å². The average molecular weight is 352 g/mol. The smallest absolute Gasteiger partial charge is 0.321 e. The lowest BCUT2D eigenvalue weighted by molar-refractivity contribution is -0.148. The number of Topliss-reactive ketones (excluding diaryl/α,β-unsaturated/α-hetero) is 1. The molecular formula is C16H20N2O5S. The zero-order valence-corrected chi connectivity index (χ0v) is 14.5. The summed E-state index contributed by atoms with van der Waals surface area (Å²) in [5.74, 6) is -1.56. The van der Waals surface area contributed by atoms with Crippen LogP contribution in [-0.4, -0.2) is 36.8 Å². The van der Waals surface area contributed by atoms with Gasteiger partial charge in [0.25, 0.3) is 5.91 Å². The maximum atomic E-state index is 12.0. The highest BCUT2D eigenvalue weighted by molar-refractivity contribution is 7.12. The van der Waals surface area contributed by atoms with Crippen LogP contribution in [0.4, 0.5) is 4.79 Å². The molecule has 0 aromatic carbocycles. The van der Waals surface area contributed by atoms with Crippen LogP contribution < -0.4 is 10.6 Å².